The minimum Gasteiger partial charge on any atom is -0.478 e. The van der Waals surface area contributed by atoms with Crippen molar-refractivity contribution in [2.75, 3.05) is 0 Å². The molecule has 68 valence electrons. The molecule has 0 amide bonds. The largest absolute Gasteiger partial charge is 0.478 e. The second-order valence-corrected chi connectivity index (χ2v) is 1.82. The average Bonchev–Trinajstić information content (AvgIpc) is 2.01. The number of carboxylic acids is 1. The molecule has 0 aromatic rings. The maximum Gasteiger partial charge on any atom is 0.337 e. The summed E-state index contributed by atoms with van der Waals surface area (Å²) in [5, 5.41) is 7.97. The molecule has 0 spiro atoms. The van der Waals surface area contributed by atoms with E-state index in [1.54, 1.807) is 0 Å². The minimum atomic E-state index is -4.49. The number of aliphatic carboxylic acids is 1. The second-order valence-electron chi connectivity index (χ2n) is 1.82. The first-order valence-corrected chi connectivity index (χ1v) is 2.61. The smallest absolute Gasteiger partial charge is 0.337 e. The van der Waals surface area contributed by atoms with Crippen LogP contribution in [0, 0.1) is 0 Å². The Morgan fingerprint density at radius 3 is 2.17 bits per heavy atom. The predicted molar refractivity (Wildman–Crippen MR) is 32.0 cm³/mol. The van der Waals surface area contributed by atoms with E-state index in [1.165, 1.54) is 0 Å². The van der Waals surface area contributed by atoms with Gasteiger partial charge in [0.1, 0.15) is 11.9 Å². The maximum atomic E-state index is 12.3. The molecule has 0 bridgehead atoms. The van der Waals surface area contributed by atoms with Gasteiger partial charge in [-0.2, -0.15) is 8.78 Å². The lowest BCUT2D eigenvalue weighted by molar-refractivity contribution is -0.135. The van der Waals surface area contributed by atoms with Crippen molar-refractivity contribution in [1.82, 2.24) is 0 Å². The molecule has 0 aliphatic carbocycles. The Kier molecular flexibility index (Phi) is 3.00. The molecular weight excluding hydrogens is 180 g/mol. The normalized spacial score (nSPS) is 12.8. The highest BCUT2D eigenvalue weighted by Crippen LogP contribution is 2.32. The standard InChI is InChI=1S/C6H4F4O2/c1-3(5(11)12)6(9,10)4(8)2-7/h2H,1H2,(H,11,12). The fourth-order valence-electron chi connectivity index (χ4n) is 0.347. The van der Waals surface area contributed by atoms with Crippen molar-refractivity contribution in [3.8, 4) is 0 Å². The molecule has 0 saturated carbocycles. The van der Waals surface area contributed by atoms with Crippen molar-refractivity contribution < 1.29 is 27.5 Å². The van der Waals surface area contributed by atoms with Crippen LogP contribution in [-0.4, -0.2) is 17.0 Å². The van der Waals surface area contributed by atoms with Crippen LogP contribution in [0.2, 0.25) is 0 Å². The van der Waals surface area contributed by atoms with Gasteiger partial charge in [0.2, 0.25) is 5.83 Å². The lowest BCUT2D eigenvalue weighted by atomic mass is 10.1. The van der Waals surface area contributed by atoms with Gasteiger partial charge < -0.3 is 5.11 Å². The van der Waals surface area contributed by atoms with Crippen molar-refractivity contribution in [3.63, 3.8) is 0 Å². The van der Waals surface area contributed by atoms with Crippen LogP contribution in [0.4, 0.5) is 17.6 Å². The third-order valence-corrected chi connectivity index (χ3v) is 1.03. The Bertz CT molecular complexity index is 244. The summed E-state index contributed by atoms with van der Waals surface area (Å²) in [7, 11) is 0. The van der Waals surface area contributed by atoms with E-state index in [0.717, 1.165) is 0 Å². The van der Waals surface area contributed by atoms with E-state index in [9.17, 15) is 22.4 Å². The number of carboxylic acid groups (broad SMARTS) is 1. The number of carbonyl (C=O) groups is 1. The van der Waals surface area contributed by atoms with E-state index in [-0.39, 0.29) is 0 Å². The molecule has 12 heavy (non-hydrogen) atoms. The SMILES string of the molecule is C=C(C(=O)O)C(F)(F)C(F)=CF. The quantitative estimate of drug-likeness (QED) is 0.538. The van der Waals surface area contributed by atoms with E-state index >= 15 is 0 Å². The molecule has 0 atom stereocenters. The van der Waals surface area contributed by atoms with Gasteiger partial charge in [-0.15, -0.1) is 0 Å². The molecule has 0 aliphatic heterocycles. The summed E-state index contributed by atoms with van der Waals surface area (Å²) >= 11 is 0. The summed E-state index contributed by atoms with van der Waals surface area (Å²) in [6.45, 7) is 2.40. The zero-order chi connectivity index (χ0) is 9.94. The second kappa shape index (κ2) is 3.38. The van der Waals surface area contributed by atoms with E-state index in [2.05, 4.69) is 6.58 Å². The van der Waals surface area contributed by atoms with E-state index in [4.69, 9.17) is 5.11 Å². The van der Waals surface area contributed by atoms with Gasteiger partial charge in [-0.3, -0.25) is 0 Å². The molecule has 0 aromatic heterocycles. The average molecular weight is 184 g/mol. The predicted octanol–water partition coefficient (Wildman–Crippen LogP) is 2.04. The number of halogens is 4. The van der Waals surface area contributed by atoms with Crippen LogP contribution in [0.3, 0.4) is 0 Å². The number of allylic oxidation sites excluding steroid dienone is 1. The first-order chi connectivity index (χ1) is 5.34. The van der Waals surface area contributed by atoms with Crippen LogP contribution < -0.4 is 0 Å². The molecule has 0 rings (SSSR count). The first kappa shape index (κ1) is 10.7. The summed E-state index contributed by atoms with van der Waals surface area (Å²) in [5.41, 5.74) is -1.71. The maximum absolute atomic E-state index is 12.3. The van der Waals surface area contributed by atoms with Crippen molar-refractivity contribution in [1.29, 1.82) is 0 Å². The van der Waals surface area contributed by atoms with Gasteiger partial charge in [-0.25, -0.2) is 13.6 Å². The Balaban J connectivity index is 4.86. The van der Waals surface area contributed by atoms with Crippen LogP contribution in [0.1, 0.15) is 0 Å². The van der Waals surface area contributed by atoms with Crippen molar-refractivity contribution >= 4 is 5.97 Å². The van der Waals surface area contributed by atoms with Crippen molar-refractivity contribution in [3.05, 3.63) is 24.3 Å². The molecule has 0 unspecified atom stereocenters. The van der Waals surface area contributed by atoms with Gasteiger partial charge in [0.25, 0.3) is 0 Å². The highest BCUT2D eigenvalue weighted by molar-refractivity contribution is 5.88. The first-order valence-electron chi connectivity index (χ1n) is 2.61. The zero-order valence-corrected chi connectivity index (χ0v) is 5.65. The lowest BCUT2D eigenvalue weighted by Crippen LogP contribution is -2.24. The van der Waals surface area contributed by atoms with E-state index < -0.39 is 29.6 Å². The van der Waals surface area contributed by atoms with Crippen LogP contribution in [-0.2, 0) is 4.79 Å². The third-order valence-electron chi connectivity index (χ3n) is 1.03. The van der Waals surface area contributed by atoms with Gasteiger partial charge in [0.05, 0.1) is 0 Å². The minimum absolute atomic E-state index is 1.01. The molecule has 2 nitrogen and oxygen atoms in total. The van der Waals surface area contributed by atoms with Gasteiger partial charge >= 0.3 is 11.9 Å². The number of hydrogen-bond acceptors (Lipinski definition) is 1. The number of alkyl halides is 2. The molecule has 0 radical (unpaired) electrons. The Hall–Kier alpha value is -1.33. The molecule has 0 saturated heterocycles. The van der Waals surface area contributed by atoms with Gasteiger partial charge in [-0.1, -0.05) is 6.58 Å². The highest BCUT2D eigenvalue weighted by Gasteiger charge is 2.42. The molecular formula is C6H4F4O2. The van der Waals surface area contributed by atoms with E-state index in [0.29, 0.717) is 0 Å². The fraction of sp³-hybridized carbons (Fsp3) is 0.167. The molecule has 1 N–H and O–H groups in total. The fourth-order valence-corrected chi connectivity index (χ4v) is 0.347. The molecule has 0 aliphatic rings. The topological polar surface area (TPSA) is 37.3 Å². The highest BCUT2D eigenvalue weighted by atomic mass is 19.3. The molecule has 6 heteroatoms. The van der Waals surface area contributed by atoms with Crippen molar-refractivity contribution in [2.45, 2.75) is 5.92 Å². The zero-order valence-electron chi connectivity index (χ0n) is 5.65. The summed E-state index contributed by atoms with van der Waals surface area (Å²) in [6.07, 6.45) is -1.01. The van der Waals surface area contributed by atoms with Crippen LogP contribution in [0.25, 0.3) is 0 Å². The lowest BCUT2D eigenvalue weighted by Gasteiger charge is -2.12. The summed E-state index contributed by atoms with van der Waals surface area (Å²) < 4.78 is 47.8. The summed E-state index contributed by atoms with van der Waals surface area (Å²) in [5.74, 6) is -9.05. The Morgan fingerprint density at radius 1 is 1.50 bits per heavy atom. The number of hydrogen-bond donors (Lipinski definition) is 1. The Morgan fingerprint density at radius 2 is 1.92 bits per heavy atom. The molecule has 0 aromatic carbocycles. The summed E-state index contributed by atoms with van der Waals surface area (Å²) in [6, 6.07) is 0. The summed E-state index contributed by atoms with van der Waals surface area (Å²) in [4.78, 5) is 9.87. The Labute approximate surface area is 64.8 Å². The van der Waals surface area contributed by atoms with Gasteiger partial charge in [0, 0.05) is 0 Å². The molecule has 0 heterocycles. The van der Waals surface area contributed by atoms with E-state index in [1.807, 2.05) is 0 Å². The van der Waals surface area contributed by atoms with Crippen LogP contribution in [0.5, 0.6) is 0 Å². The van der Waals surface area contributed by atoms with Crippen LogP contribution in [0.15, 0.2) is 24.3 Å². The monoisotopic (exact) mass is 184 g/mol. The van der Waals surface area contributed by atoms with Crippen LogP contribution >= 0.6 is 0 Å². The van der Waals surface area contributed by atoms with Gasteiger partial charge in [0.15, 0.2) is 0 Å². The third kappa shape index (κ3) is 1.84. The molecule has 0 fully saturated rings. The van der Waals surface area contributed by atoms with Crippen molar-refractivity contribution in [2.24, 2.45) is 0 Å². The van der Waals surface area contributed by atoms with Gasteiger partial charge in [-0.05, 0) is 0 Å². The number of rotatable bonds is 3.